The van der Waals surface area contributed by atoms with Crippen LogP contribution in [-0.2, 0) is 22.4 Å². The van der Waals surface area contributed by atoms with Crippen LogP contribution in [0, 0.1) is 0 Å². The number of methoxy groups -OCH3 is 1. The summed E-state index contributed by atoms with van der Waals surface area (Å²) in [4.78, 5) is 24.6. The number of ether oxygens (including phenoxy) is 1. The number of carbonyl (C=O) groups is 2. The third-order valence-corrected chi connectivity index (χ3v) is 4.61. The van der Waals surface area contributed by atoms with Gasteiger partial charge in [0.25, 0.3) is 5.91 Å². The van der Waals surface area contributed by atoms with Gasteiger partial charge in [0.2, 0.25) is 0 Å². The van der Waals surface area contributed by atoms with Crippen molar-refractivity contribution in [3.63, 3.8) is 0 Å². The Bertz CT molecular complexity index is 497. The Hall–Kier alpha value is -1.40. The van der Waals surface area contributed by atoms with Crippen LogP contribution in [0.1, 0.15) is 40.1 Å². The van der Waals surface area contributed by atoms with Crippen molar-refractivity contribution in [3.8, 4) is 0 Å². The van der Waals surface area contributed by atoms with E-state index in [0.717, 1.165) is 24.8 Å². The second-order valence-electron chi connectivity index (χ2n) is 4.90. The molecule has 2 rings (SSSR count). The van der Waals surface area contributed by atoms with Gasteiger partial charge in [0.15, 0.2) is 0 Å². The molecule has 1 aromatic heterocycles. The van der Waals surface area contributed by atoms with Gasteiger partial charge in [0.1, 0.15) is 6.04 Å². The van der Waals surface area contributed by atoms with Crippen LogP contribution in [0.3, 0.4) is 0 Å². The zero-order valence-corrected chi connectivity index (χ0v) is 12.3. The van der Waals surface area contributed by atoms with E-state index in [2.05, 4.69) is 5.32 Å². The van der Waals surface area contributed by atoms with Crippen molar-refractivity contribution >= 4 is 23.2 Å². The molecule has 0 spiro atoms. The van der Waals surface area contributed by atoms with Crippen LogP contribution < -0.4 is 5.32 Å². The second-order valence-corrected chi connectivity index (χ2v) is 5.87. The molecule has 6 heteroatoms. The van der Waals surface area contributed by atoms with E-state index in [9.17, 15) is 9.59 Å². The lowest BCUT2D eigenvalue weighted by molar-refractivity contribution is -0.139. The monoisotopic (exact) mass is 297 g/mol. The highest BCUT2D eigenvalue weighted by molar-refractivity contribution is 7.10. The number of rotatable bonds is 6. The molecule has 1 aromatic rings. The quantitative estimate of drug-likeness (QED) is 0.840. The van der Waals surface area contributed by atoms with Crippen molar-refractivity contribution in [2.45, 2.75) is 38.1 Å². The second kappa shape index (κ2) is 6.85. The van der Waals surface area contributed by atoms with Crippen LogP contribution in [0.5, 0.6) is 0 Å². The molecule has 0 aliphatic heterocycles. The Balaban J connectivity index is 2.06. The molecule has 0 fully saturated rings. The van der Waals surface area contributed by atoms with Gasteiger partial charge in [-0.3, -0.25) is 4.79 Å². The van der Waals surface area contributed by atoms with Gasteiger partial charge >= 0.3 is 5.97 Å². The number of aliphatic carboxylic acids is 1. The predicted octanol–water partition coefficient (Wildman–Crippen LogP) is 1.85. The first-order valence-electron chi connectivity index (χ1n) is 6.75. The minimum Gasteiger partial charge on any atom is -0.480 e. The molecule has 20 heavy (non-hydrogen) atoms. The fourth-order valence-electron chi connectivity index (χ4n) is 2.41. The SMILES string of the molecule is COCCC(NC(=O)c1csc2c1CCCC2)C(=O)O. The van der Waals surface area contributed by atoms with E-state index in [1.807, 2.05) is 5.38 Å². The molecule has 0 aromatic carbocycles. The molecule has 1 aliphatic carbocycles. The highest BCUT2D eigenvalue weighted by Gasteiger charge is 2.24. The van der Waals surface area contributed by atoms with E-state index >= 15 is 0 Å². The maximum absolute atomic E-state index is 12.2. The number of amides is 1. The Morgan fingerprint density at radius 3 is 2.90 bits per heavy atom. The maximum Gasteiger partial charge on any atom is 0.326 e. The van der Waals surface area contributed by atoms with Gasteiger partial charge in [0.05, 0.1) is 5.56 Å². The lowest BCUT2D eigenvalue weighted by Crippen LogP contribution is -2.41. The third kappa shape index (κ3) is 3.37. The van der Waals surface area contributed by atoms with Gasteiger partial charge in [-0.2, -0.15) is 0 Å². The minimum atomic E-state index is -1.03. The van der Waals surface area contributed by atoms with Gasteiger partial charge in [-0.15, -0.1) is 11.3 Å². The van der Waals surface area contributed by atoms with Crippen LogP contribution in [0.25, 0.3) is 0 Å². The summed E-state index contributed by atoms with van der Waals surface area (Å²) in [6.45, 7) is 0.305. The van der Waals surface area contributed by atoms with Crippen LogP contribution in [0.15, 0.2) is 5.38 Å². The van der Waals surface area contributed by atoms with Crippen LogP contribution in [0.2, 0.25) is 0 Å². The first-order valence-corrected chi connectivity index (χ1v) is 7.63. The maximum atomic E-state index is 12.2. The zero-order valence-electron chi connectivity index (χ0n) is 11.5. The van der Waals surface area contributed by atoms with E-state index in [4.69, 9.17) is 9.84 Å². The number of fused-ring (bicyclic) bond motifs is 1. The number of hydrogen-bond donors (Lipinski definition) is 2. The Morgan fingerprint density at radius 2 is 2.20 bits per heavy atom. The molecule has 5 nitrogen and oxygen atoms in total. The summed E-state index contributed by atoms with van der Waals surface area (Å²) in [5.41, 5.74) is 1.75. The fourth-order valence-corrected chi connectivity index (χ4v) is 3.54. The van der Waals surface area contributed by atoms with Crippen LogP contribution in [-0.4, -0.2) is 36.7 Å². The normalized spacial score (nSPS) is 15.4. The van der Waals surface area contributed by atoms with Crippen molar-refractivity contribution in [2.24, 2.45) is 0 Å². The largest absolute Gasteiger partial charge is 0.480 e. The standard InChI is InChI=1S/C14H19NO4S/c1-19-7-6-11(14(17)18)15-13(16)10-8-20-12-5-3-2-4-9(10)12/h8,11H,2-7H2,1H3,(H,15,16)(H,17,18). The first-order chi connectivity index (χ1) is 9.63. The predicted molar refractivity (Wildman–Crippen MR) is 76.3 cm³/mol. The van der Waals surface area contributed by atoms with E-state index < -0.39 is 12.0 Å². The number of hydrogen-bond acceptors (Lipinski definition) is 4. The van der Waals surface area contributed by atoms with Gasteiger partial charge in [0, 0.05) is 30.4 Å². The summed E-state index contributed by atoms with van der Waals surface area (Å²) >= 11 is 1.60. The molecule has 0 radical (unpaired) electrons. The lowest BCUT2D eigenvalue weighted by atomic mass is 9.95. The Morgan fingerprint density at radius 1 is 1.45 bits per heavy atom. The number of nitrogens with one attached hydrogen (secondary N) is 1. The molecule has 110 valence electrons. The molecule has 0 bridgehead atoms. The summed E-state index contributed by atoms with van der Waals surface area (Å²) in [5, 5.41) is 13.6. The molecule has 1 atom stereocenters. The van der Waals surface area contributed by atoms with E-state index in [0.29, 0.717) is 12.2 Å². The van der Waals surface area contributed by atoms with E-state index in [1.54, 1.807) is 11.3 Å². The topological polar surface area (TPSA) is 75.6 Å². The van der Waals surface area contributed by atoms with Gasteiger partial charge < -0.3 is 15.2 Å². The van der Waals surface area contributed by atoms with E-state index in [-0.39, 0.29) is 12.3 Å². The summed E-state index contributed by atoms with van der Waals surface area (Å²) in [6, 6.07) is -0.901. The van der Waals surface area contributed by atoms with Crippen molar-refractivity contribution < 1.29 is 19.4 Å². The van der Waals surface area contributed by atoms with Gasteiger partial charge in [-0.05, 0) is 31.2 Å². The average Bonchev–Trinajstić information content (AvgIpc) is 2.87. The summed E-state index contributed by atoms with van der Waals surface area (Å²) in [6.07, 6.45) is 4.47. The molecule has 0 saturated heterocycles. The third-order valence-electron chi connectivity index (χ3n) is 3.52. The van der Waals surface area contributed by atoms with E-state index in [1.165, 1.54) is 18.4 Å². The summed E-state index contributed by atoms with van der Waals surface area (Å²) in [7, 11) is 1.51. The zero-order chi connectivity index (χ0) is 14.5. The minimum absolute atomic E-state index is 0.268. The molecule has 1 amide bonds. The summed E-state index contributed by atoms with van der Waals surface area (Å²) in [5.74, 6) is -1.31. The highest BCUT2D eigenvalue weighted by Crippen LogP contribution is 2.30. The Kier molecular flexibility index (Phi) is 5.14. The van der Waals surface area contributed by atoms with Gasteiger partial charge in [-0.1, -0.05) is 0 Å². The van der Waals surface area contributed by atoms with Gasteiger partial charge in [-0.25, -0.2) is 4.79 Å². The fraction of sp³-hybridized carbons (Fsp3) is 0.571. The number of carbonyl (C=O) groups excluding carboxylic acids is 1. The van der Waals surface area contributed by atoms with Crippen molar-refractivity contribution in [1.29, 1.82) is 0 Å². The molecular weight excluding hydrogens is 278 g/mol. The molecular formula is C14H19NO4S. The molecule has 1 unspecified atom stereocenters. The average molecular weight is 297 g/mol. The summed E-state index contributed by atoms with van der Waals surface area (Å²) < 4.78 is 4.87. The first kappa shape index (κ1) is 15.0. The lowest BCUT2D eigenvalue weighted by Gasteiger charge is -2.16. The number of thiophene rings is 1. The number of carboxylic acid groups (broad SMARTS) is 1. The van der Waals surface area contributed by atoms with Crippen LogP contribution >= 0.6 is 11.3 Å². The highest BCUT2D eigenvalue weighted by atomic mass is 32.1. The number of aryl methyl sites for hydroxylation is 1. The van der Waals surface area contributed by atoms with Crippen molar-refractivity contribution in [2.75, 3.05) is 13.7 Å². The molecule has 1 aliphatic rings. The Labute approximate surface area is 121 Å². The molecule has 1 heterocycles. The van der Waals surface area contributed by atoms with Crippen molar-refractivity contribution in [3.05, 3.63) is 21.4 Å². The molecule has 2 N–H and O–H groups in total. The van der Waals surface area contributed by atoms with Crippen molar-refractivity contribution in [1.82, 2.24) is 5.32 Å². The molecule has 0 saturated carbocycles. The van der Waals surface area contributed by atoms with Crippen LogP contribution in [0.4, 0.5) is 0 Å². The number of carboxylic acids is 1. The smallest absolute Gasteiger partial charge is 0.326 e.